The molecule has 3 nitrogen and oxygen atoms in total. The summed E-state index contributed by atoms with van der Waals surface area (Å²) >= 11 is 0. The summed E-state index contributed by atoms with van der Waals surface area (Å²) in [5, 5.41) is 2.98. The highest BCUT2D eigenvalue weighted by atomic mass is 16.2. The van der Waals surface area contributed by atoms with Gasteiger partial charge in [0.1, 0.15) is 0 Å². The lowest BCUT2D eigenvalue weighted by Crippen LogP contribution is -2.32. The molecule has 1 aliphatic heterocycles. The molecule has 17 heavy (non-hydrogen) atoms. The van der Waals surface area contributed by atoms with E-state index in [1.165, 1.54) is 5.56 Å². The quantitative estimate of drug-likeness (QED) is 0.777. The Balaban J connectivity index is 2.10. The molecule has 1 aromatic rings. The number of rotatable bonds is 2. The standard InChI is InChI=1S/C14H18N2O/c1-11(2)12-7-3-4-8-13(12)15-14(17)16-9-5-6-10-16/h3-8,11H,9-10H2,1-2H3,(H,15,17). The van der Waals surface area contributed by atoms with Crippen molar-refractivity contribution >= 4 is 11.7 Å². The van der Waals surface area contributed by atoms with E-state index in [0.29, 0.717) is 19.0 Å². The molecule has 0 saturated heterocycles. The number of amides is 2. The Morgan fingerprint density at radius 1 is 1.24 bits per heavy atom. The third-order valence-electron chi connectivity index (χ3n) is 2.93. The van der Waals surface area contributed by atoms with Gasteiger partial charge in [0.2, 0.25) is 0 Å². The maximum atomic E-state index is 12.0. The van der Waals surface area contributed by atoms with Crippen LogP contribution >= 0.6 is 0 Å². The van der Waals surface area contributed by atoms with E-state index in [9.17, 15) is 4.79 Å². The number of hydrogen-bond donors (Lipinski definition) is 1. The maximum absolute atomic E-state index is 12.0. The molecule has 3 heteroatoms. The van der Waals surface area contributed by atoms with Crippen LogP contribution in [0.1, 0.15) is 25.3 Å². The number of urea groups is 1. The molecule has 0 bridgehead atoms. The van der Waals surface area contributed by atoms with Crippen molar-refractivity contribution in [2.45, 2.75) is 19.8 Å². The highest BCUT2D eigenvalue weighted by molar-refractivity contribution is 5.90. The summed E-state index contributed by atoms with van der Waals surface area (Å²) in [4.78, 5) is 13.7. The Bertz CT molecular complexity index is 430. The maximum Gasteiger partial charge on any atom is 0.322 e. The zero-order chi connectivity index (χ0) is 12.3. The lowest BCUT2D eigenvalue weighted by molar-refractivity contribution is 0.224. The zero-order valence-electron chi connectivity index (χ0n) is 10.3. The monoisotopic (exact) mass is 230 g/mol. The summed E-state index contributed by atoms with van der Waals surface area (Å²) in [6.07, 6.45) is 4.02. The molecule has 1 N–H and O–H groups in total. The Morgan fingerprint density at radius 2 is 1.88 bits per heavy atom. The van der Waals surface area contributed by atoms with Gasteiger partial charge in [0.25, 0.3) is 0 Å². The molecule has 2 amide bonds. The largest absolute Gasteiger partial charge is 0.322 e. The molecule has 1 heterocycles. The number of carbonyl (C=O) groups excluding carboxylic acids is 1. The minimum Gasteiger partial charge on any atom is -0.317 e. The molecule has 0 saturated carbocycles. The number of anilines is 1. The zero-order valence-corrected chi connectivity index (χ0v) is 10.3. The third kappa shape index (κ3) is 2.67. The van der Waals surface area contributed by atoms with E-state index in [1.807, 2.05) is 30.4 Å². The SMILES string of the molecule is CC(C)c1ccccc1NC(=O)N1CC=CC1. The van der Waals surface area contributed by atoms with Gasteiger partial charge < -0.3 is 10.2 Å². The van der Waals surface area contributed by atoms with E-state index in [2.05, 4.69) is 25.2 Å². The van der Waals surface area contributed by atoms with Crippen molar-refractivity contribution < 1.29 is 4.79 Å². The lowest BCUT2D eigenvalue weighted by Gasteiger charge is -2.19. The number of hydrogen-bond acceptors (Lipinski definition) is 1. The minimum absolute atomic E-state index is 0.0249. The normalized spacial score (nSPS) is 14.4. The molecule has 0 fully saturated rings. The van der Waals surface area contributed by atoms with Gasteiger partial charge in [-0.2, -0.15) is 0 Å². The van der Waals surface area contributed by atoms with Crippen LogP contribution in [0, 0.1) is 0 Å². The highest BCUT2D eigenvalue weighted by Crippen LogP contribution is 2.24. The summed E-state index contributed by atoms with van der Waals surface area (Å²) < 4.78 is 0. The van der Waals surface area contributed by atoms with Crippen molar-refractivity contribution in [2.24, 2.45) is 0 Å². The fourth-order valence-electron chi connectivity index (χ4n) is 1.95. The predicted molar refractivity (Wildman–Crippen MR) is 70.3 cm³/mol. The Hall–Kier alpha value is -1.77. The predicted octanol–water partition coefficient (Wildman–Crippen LogP) is 3.21. The van der Waals surface area contributed by atoms with Crippen molar-refractivity contribution in [3.8, 4) is 0 Å². The van der Waals surface area contributed by atoms with E-state index in [1.54, 1.807) is 4.90 Å². The molecule has 0 aliphatic carbocycles. The second-order valence-electron chi connectivity index (χ2n) is 4.55. The average molecular weight is 230 g/mol. The van der Waals surface area contributed by atoms with Gasteiger partial charge in [-0.1, -0.05) is 44.2 Å². The molecule has 2 rings (SSSR count). The Morgan fingerprint density at radius 3 is 2.53 bits per heavy atom. The van der Waals surface area contributed by atoms with Crippen LogP contribution in [0.5, 0.6) is 0 Å². The first kappa shape index (κ1) is 11.7. The van der Waals surface area contributed by atoms with Crippen molar-refractivity contribution in [3.63, 3.8) is 0 Å². The number of nitrogens with one attached hydrogen (secondary N) is 1. The second-order valence-corrected chi connectivity index (χ2v) is 4.55. The number of benzene rings is 1. The van der Waals surface area contributed by atoms with Crippen molar-refractivity contribution in [2.75, 3.05) is 18.4 Å². The molecule has 90 valence electrons. The summed E-state index contributed by atoms with van der Waals surface area (Å²) in [5.41, 5.74) is 2.09. The van der Waals surface area contributed by atoms with Gasteiger partial charge in [-0.15, -0.1) is 0 Å². The molecule has 0 spiro atoms. The molecule has 0 radical (unpaired) electrons. The molecule has 1 aromatic carbocycles. The fourth-order valence-corrected chi connectivity index (χ4v) is 1.95. The van der Waals surface area contributed by atoms with Crippen LogP contribution in [0.2, 0.25) is 0 Å². The second kappa shape index (κ2) is 5.04. The smallest absolute Gasteiger partial charge is 0.317 e. The first-order chi connectivity index (χ1) is 8.18. The molecule has 0 unspecified atom stereocenters. The van der Waals surface area contributed by atoms with Crippen LogP contribution in [0.4, 0.5) is 10.5 Å². The van der Waals surface area contributed by atoms with Crippen molar-refractivity contribution in [1.29, 1.82) is 0 Å². The minimum atomic E-state index is -0.0249. The summed E-state index contributed by atoms with van der Waals surface area (Å²) in [6, 6.07) is 7.94. The molecule has 1 aliphatic rings. The molecular formula is C14H18N2O. The van der Waals surface area contributed by atoms with Gasteiger partial charge in [-0.05, 0) is 17.5 Å². The van der Waals surface area contributed by atoms with E-state index in [-0.39, 0.29) is 6.03 Å². The van der Waals surface area contributed by atoms with E-state index >= 15 is 0 Å². The van der Waals surface area contributed by atoms with Crippen LogP contribution in [0.15, 0.2) is 36.4 Å². The molecular weight excluding hydrogens is 212 g/mol. The number of carbonyl (C=O) groups is 1. The van der Waals surface area contributed by atoms with Crippen LogP contribution < -0.4 is 5.32 Å². The van der Waals surface area contributed by atoms with E-state index < -0.39 is 0 Å². The molecule has 0 aromatic heterocycles. The van der Waals surface area contributed by atoms with Gasteiger partial charge in [0.15, 0.2) is 0 Å². The van der Waals surface area contributed by atoms with Gasteiger partial charge in [-0.25, -0.2) is 4.79 Å². The summed E-state index contributed by atoms with van der Waals surface area (Å²) in [6.45, 7) is 5.66. The third-order valence-corrected chi connectivity index (χ3v) is 2.93. The van der Waals surface area contributed by atoms with Gasteiger partial charge >= 0.3 is 6.03 Å². The Kier molecular flexibility index (Phi) is 3.47. The van der Waals surface area contributed by atoms with Crippen LogP contribution in [0.3, 0.4) is 0 Å². The van der Waals surface area contributed by atoms with Crippen molar-refractivity contribution in [3.05, 3.63) is 42.0 Å². The number of para-hydroxylation sites is 1. The fraction of sp³-hybridized carbons (Fsp3) is 0.357. The van der Waals surface area contributed by atoms with Gasteiger partial charge in [0.05, 0.1) is 0 Å². The Labute approximate surface area is 102 Å². The first-order valence-electron chi connectivity index (χ1n) is 5.98. The number of nitrogens with zero attached hydrogens (tertiary/aromatic N) is 1. The first-order valence-corrected chi connectivity index (χ1v) is 5.98. The summed E-state index contributed by atoms with van der Waals surface area (Å²) in [5.74, 6) is 0.406. The van der Waals surface area contributed by atoms with E-state index in [0.717, 1.165) is 5.69 Å². The van der Waals surface area contributed by atoms with Gasteiger partial charge in [0, 0.05) is 18.8 Å². The highest BCUT2D eigenvalue weighted by Gasteiger charge is 2.15. The van der Waals surface area contributed by atoms with Crippen LogP contribution in [0.25, 0.3) is 0 Å². The topological polar surface area (TPSA) is 32.3 Å². The van der Waals surface area contributed by atoms with Gasteiger partial charge in [-0.3, -0.25) is 0 Å². The molecule has 0 atom stereocenters. The summed E-state index contributed by atoms with van der Waals surface area (Å²) in [7, 11) is 0. The average Bonchev–Trinajstić information content (AvgIpc) is 2.83. The van der Waals surface area contributed by atoms with Crippen LogP contribution in [-0.4, -0.2) is 24.0 Å². The van der Waals surface area contributed by atoms with Crippen molar-refractivity contribution in [1.82, 2.24) is 4.90 Å². The van der Waals surface area contributed by atoms with E-state index in [4.69, 9.17) is 0 Å². The lowest BCUT2D eigenvalue weighted by atomic mass is 10.0. The van der Waals surface area contributed by atoms with Crippen LogP contribution in [-0.2, 0) is 0 Å².